The lowest BCUT2D eigenvalue weighted by Gasteiger charge is -2.35. The summed E-state index contributed by atoms with van der Waals surface area (Å²) in [7, 11) is 0. The van der Waals surface area contributed by atoms with Crippen LogP contribution in [0.25, 0.3) is 0 Å². The predicted octanol–water partition coefficient (Wildman–Crippen LogP) is 4.04. The molecule has 22 heavy (non-hydrogen) atoms. The van der Waals surface area contributed by atoms with Crippen molar-refractivity contribution in [3.8, 4) is 0 Å². The second-order valence-electron chi connectivity index (χ2n) is 6.10. The van der Waals surface area contributed by atoms with Crippen LogP contribution in [0.3, 0.4) is 0 Å². The van der Waals surface area contributed by atoms with E-state index in [0.29, 0.717) is 6.04 Å². The first-order chi connectivity index (χ1) is 10.5. The van der Waals surface area contributed by atoms with E-state index < -0.39 is 5.51 Å². The lowest BCUT2D eigenvalue weighted by molar-refractivity contribution is -0.0328. The van der Waals surface area contributed by atoms with Gasteiger partial charge in [-0.1, -0.05) is 25.0 Å². The molecule has 0 unspecified atom stereocenters. The Morgan fingerprint density at radius 3 is 2.32 bits per heavy atom. The average molecular weight is 330 g/mol. The summed E-state index contributed by atoms with van der Waals surface area (Å²) >= 11 is -0.0406. The Hall–Kier alpha value is -0.720. The Labute approximate surface area is 133 Å². The van der Waals surface area contributed by atoms with Crippen molar-refractivity contribution in [3.05, 3.63) is 29.8 Å². The zero-order chi connectivity index (χ0) is 15.6. The fourth-order valence-corrected chi connectivity index (χ4v) is 3.59. The summed E-state index contributed by atoms with van der Waals surface area (Å²) in [4.78, 5) is 2.74. The molecule has 1 aromatic carbocycles. The summed E-state index contributed by atoms with van der Waals surface area (Å²) in [6.45, 7) is 4.00. The van der Waals surface area contributed by atoms with Crippen molar-refractivity contribution in [1.82, 2.24) is 10.2 Å². The summed E-state index contributed by atoms with van der Waals surface area (Å²) in [5, 5.41) is 3.35. The number of rotatable bonds is 5. The molecule has 1 aromatic rings. The van der Waals surface area contributed by atoms with Gasteiger partial charge >= 0.3 is 5.51 Å². The zero-order valence-corrected chi connectivity index (χ0v) is 13.2. The molecule has 0 aromatic heterocycles. The predicted molar refractivity (Wildman–Crippen MR) is 82.9 cm³/mol. The highest BCUT2D eigenvalue weighted by atomic mass is 32.2. The standard InChI is InChI=1S/C16H21F3N2S/c17-16(18,19)22-14-5-3-13(4-6-14)15(11-12-1-2-12)21-9-7-20-8-10-21/h3-6,12,15,20H,1-2,7-11H2/t15-/m1/s1. The average Bonchev–Trinajstić information content (AvgIpc) is 3.29. The maximum atomic E-state index is 12.4. The Kier molecular flexibility index (Phi) is 5.00. The molecule has 6 heteroatoms. The zero-order valence-electron chi connectivity index (χ0n) is 12.4. The molecule has 122 valence electrons. The quantitative estimate of drug-likeness (QED) is 0.820. The molecule has 1 saturated carbocycles. The minimum Gasteiger partial charge on any atom is -0.314 e. The van der Waals surface area contributed by atoms with Crippen LogP contribution < -0.4 is 5.32 Å². The number of benzene rings is 1. The van der Waals surface area contributed by atoms with Crippen molar-refractivity contribution in [2.45, 2.75) is 35.7 Å². The molecule has 0 amide bonds. The van der Waals surface area contributed by atoms with Gasteiger partial charge in [0.1, 0.15) is 0 Å². The molecule has 0 radical (unpaired) electrons. The van der Waals surface area contributed by atoms with Gasteiger partial charge in [-0.25, -0.2) is 0 Å². The summed E-state index contributed by atoms with van der Waals surface area (Å²) in [5.41, 5.74) is -3.06. The molecule has 1 aliphatic carbocycles. The molecule has 1 aliphatic heterocycles. The largest absolute Gasteiger partial charge is 0.446 e. The Morgan fingerprint density at radius 1 is 1.14 bits per heavy atom. The van der Waals surface area contributed by atoms with Gasteiger partial charge in [0, 0.05) is 37.1 Å². The minimum absolute atomic E-state index is 0.0406. The molecule has 1 atom stereocenters. The van der Waals surface area contributed by atoms with Crippen molar-refractivity contribution in [3.63, 3.8) is 0 Å². The van der Waals surface area contributed by atoms with Gasteiger partial charge in [0.15, 0.2) is 0 Å². The number of piperazine rings is 1. The monoisotopic (exact) mass is 330 g/mol. The highest BCUT2D eigenvalue weighted by Crippen LogP contribution is 2.41. The normalized spacial score (nSPS) is 21.8. The van der Waals surface area contributed by atoms with Gasteiger partial charge in [-0.15, -0.1) is 0 Å². The molecular weight excluding hydrogens is 309 g/mol. The first kappa shape index (κ1) is 16.1. The molecule has 2 fully saturated rings. The summed E-state index contributed by atoms with van der Waals surface area (Å²) in [6, 6.07) is 7.32. The van der Waals surface area contributed by atoms with E-state index in [1.54, 1.807) is 12.1 Å². The van der Waals surface area contributed by atoms with Gasteiger partial charge in [-0.2, -0.15) is 13.2 Å². The number of hydrogen-bond acceptors (Lipinski definition) is 3. The van der Waals surface area contributed by atoms with Crippen molar-refractivity contribution in [2.75, 3.05) is 26.2 Å². The first-order valence-electron chi connectivity index (χ1n) is 7.82. The Morgan fingerprint density at radius 2 is 1.77 bits per heavy atom. The van der Waals surface area contributed by atoms with E-state index in [9.17, 15) is 13.2 Å². The molecular formula is C16H21F3N2S. The number of halogens is 3. The van der Waals surface area contributed by atoms with Crippen LogP contribution in [0.4, 0.5) is 13.2 Å². The second-order valence-corrected chi connectivity index (χ2v) is 7.24. The van der Waals surface area contributed by atoms with Crippen LogP contribution in [-0.2, 0) is 0 Å². The number of hydrogen-bond donors (Lipinski definition) is 1. The van der Waals surface area contributed by atoms with E-state index in [1.807, 2.05) is 12.1 Å². The van der Waals surface area contributed by atoms with Crippen LogP contribution in [0.5, 0.6) is 0 Å². The molecule has 3 rings (SSSR count). The van der Waals surface area contributed by atoms with Crippen molar-refractivity contribution in [2.24, 2.45) is 5.92 Å². The first-order valence-corrected chi connectivity index (χ1v) is 8.63. The van der Waals surface area contributed by atoms with Crippen LogP contribution in [0.1, 0.15) is 30.9 Å². The van der Waals surface area contributed by atoms with E-state index in [1.165, 1.54) is 12.8 Å². The summed E-state index contributed by atoms with van der Waals surface area (Å²) in [5.74, 6) is 0.795. The van der Waals surface area contributed by atoms with Gasteiger partial charge in [0.05, 0.1) is 0 Å². The fourth-order valence-electron chi connectivity index (χ4n) is 3.05. The van der Waals surface area contributed by atoms with Crippen LogP contribution in [0, 0.1) is 5.92 Å². The maximum absolute atomic E-state index is 12.4. The third-order valence-corrected chi connectivity index (χ3v) is 5.08. The van der Waals surface area contributed by atoms with E-state index in [4.69, 9.17) is 0 Å². The maximum Gasteiger partial charge on any atom is 0.446 e. The molecule has 1 saturated heterocycles. The van der Waals surface area contributed by atoms with Crippen LogP contribution in [0.2, 0.25) is 0 Å². The Balaban J connectivity index is 1.72. The van der Waals surface area contributed by atoms with E-state index >= 15 is 0 Å². The highest BCUT2D eigenvalue weighted by Gasteiger charge is 2.31. The van der Waals surface area contributed by atoms with Crippen molar-refractivity contribution >= 4 is 11.8 Å². The second kappa shape index (κ2) is 6.81. The molecule has 2 nitrogen and oxygen atoms in total. The summed E-state index contributed by atoms with van der Waals surface area (Å²) < 4.78 is 37.3. The van der Waals surface area contributed by atoms with E-state index in [2.05, 4.69) is 10.2 Å². The van der Waals surface area contributed by atoms with E-state index in [0.717, 1.165) is 44.1 Å². The van der Waals surface area contributed by atoms with Gasteiger partial charge in [0.2, 0.25) is 0 Å². The third kappa shape index (κ3) is 4.64. The van der Waals surface area contributed by atoms with Gasteiger partial charge in [0.25, 0.3) is 0 Å². The van der Waals surface area contributed by atoms with Gasteiger partial charge < -0.3 is 5.32 Å². The lowest BCUT2D eigenvalue weighted by atomic mass is 9.99. The van der Waals surface area contributed by atoms with Crippen molar-refractivity contribution in [1.29, 1.82) is 0 Å². The smallest absolute Gasteiger partial charge is 0.314 e. The number of alkyl halides is 3. The van der Waals surface area contributed by atoms with E-state index in [-0.39, 0.29) is 16.7 Å². The number of nitrogens with zero attached hydrogens (tertiary/aromatic N) is 1. The highest BCUT2D eigenvalue weighted by molar-refractivity contribution is 8.00. The SMILES string of the molecule is FC(F)(F)Sc1ccc([C@@H](CC2CC2)N2CCNCC2)cc1. The minimum atomic E-state index is -4.21. The van der Waals surface area contributed by atoms with Gasteiger partial charge in [-0.05, 0) is 41.8 Å². The van der Waals surface area contributed by atoms with Crippen LogP contribution in [-0.4, -0.2) is 36.6 Å². The van der Waals surface area contributed by atoms with Crippen LogP contribution in [0.15, 0.2) is 29.2 Å². The molecule has 1 N–H and O–H groups in total. The molecule has 0 bridgehead atoms. The van der Waals surface area contributed by atoms with Crippen LogP contribution >= 0.6 is 11.8 Å². The molecule has 0 spiro atoms. The molecule has 2 aliphatic rings. The fraction of sp³-hybridized carbons (Fsp3) is 0.625. The van der Waals surface area contributed by atoms with Crippen molar-refractivity contribution < 1.29 is 13.2 Å². The van der Waals surface area contributed by atoms with Gasteiger partial charge in [-0.3, -0.25) is 4.90 Å². The third-order valence-electron chi connectivity index (χ3n) is 4.34. The Bertz CT molecular complexity index is 479. The topological polar surface area (TPSA) is 15.3 Å². The summed E-state index contributed by atoms with van der Waals surface area (Å²) in [6.07, 6.45) is 3.72. The number of thioether (sulfide) groups is 1. The number of nitrogens with one attached hydrogen (secondary N) is 1. The molecule has 1 heterocycles. The lowest BCUT2D eigenvalue weighted by Crippen LogP contribution is -2.45.